The third-order valence-electron chi connectivity index (χ3n) is 3.53. The van der Waals surface area contributed by atoms with Gasteiger partial charge in [0.15, 0.2) is 0 Å². The molecule has 110 valence electrons. The van der Waals surface area contributed by atoms with E-state index in [0.29, 0.717) is 11.1 Å². The topological polar surface area (TPSA) is 29.1 Å². The number of hydrogen-bond donors (Lipinski definition) is 1. The summed E-state index contributed by atoms with van der Waals surface area (Å²) in [7, 11) is 0. The standard InChI is InChI=1S/C18H20FNO/c1-12(2)17(14-7-5-4-6-8-14)20-18(21)15-9-10-16(19)13(3)11-15/h4-12,17H,1-3H3,(H,20,21). The smallest absolute Gasteiger partial charge is 0.251 e. The lowest BCUT2D eigenvalue weighted by Crippen LogP contribution is -2.31. The van der Waals surface area contributed by atoms with Crippen LogP contribution in [0.3, 0.4) is 0 Å². The highest BCUT2D eigenvalue weighted by molar-refractivity contribution is 5.94. The SMILES string of the molecule is Cc1cc(C(=O)NC(c2ccccc2)C(C)C)ccc1F. The number of nitrogens with one attached hydrogen (secondary N) is 1. The average Bonchev–Trinajstić information content (AvgIpc) is 2.48. The van der Waals surface area contributed by atoms with Crippen LogP contribution in [0.1, 0.15) is 41.4 Å². The van der Waals surface area contributed by atoms with Crippen molar-refractivity contribution in [1.82, 2.24) is 5.32 Å². The van der Waals surface area contributed by atoms with Crippen molar-refractivity contribution < 1.29 is 9.18 Å². The fourth-order valence-electron chi connectivity index (χ4n) is 2.31. The highest BCUT2D eigenvalue weighted by Crippen LogP contribution is 2.22. The van der Waals surface area contributed by atoms with Crippen LogP contribution in [0.15, 0.2) is 48.5 Å². The molecule has 0 aromatic heterocycles. The van der Waals surface area contributed by atoms with Crippen molar-refractivity contribution in [3.8, 4) is 0 Å². The summed E-state index contributed by atoms with van der Waals surface area (Å²) in [5.41, 5.74) is 2.03. The Morgan fingerprint density at radius 3 is 2.33 bits per heavy atom. The molecule has 0 saturated carbocycles. The van der Waals surface area contributed by atoms with Crippen LogP contribution in [0.25, 0.3) is 0 Å². The van der Waals surface area contributed by atoms with Crippen molar-refractivity contribution in [3.05, 3.63) is 71.0 Å². The first-order valence-electron chi connectivity index (χ1n) is 7.11. The molecule has 2 aromatic carbocycles. The third-order valence-corrected chi connectivity index (χ3v) is 3.53. The summed E-state index contributed by atoms with van der Waals surface area (Å²) in [6.45, 7) is 5.78. The van der Waals surface area contributed by atoms with E-state index in [2.05, 4.69) is 19.2 Å². The number of aryl methyl sites for hydroxylation is 1. The molecule has 0 radical (unpaired) electrons. The van der Waals surface area contributed by atoms with E-state index < -0.39 is 0 Å². The van der Waals surface area contributed by atoms with Gasteiger partial charge in [0.25, 0.3) is 5.91 Å². The molecule has 2 aromatic rings. The maximum Gasteiger partial charge on any atom is 0.251 e. The van der Waals surface area contributed by atoms with Gasteiger partial charge in [-0.2, -0.15) is 0 Å². The monoisotopic (exact) mass is 285 g/mol. The Bertz CT molecular complexity index is 622. The van der Waals surface area contributed by atoms with Crippen molar-refractivity contribution >= 4 is 5.91 Å². The van der Waals surface area contributed by atoms with Crippen molar-refractivity contribution in [3.63, 3.8) is 0 Å². The van der Waals surface area contributed by atoms with Gasteiger partial charge in [0.2, 0.25) is 0 Å². The summed E-state index contributed by atoms with van der Waals surface area (Å²) in [5.74, 6) is -0.214. The molecule has 0 saturated heterocycles. The van der Waals surface area contributed by atoms with E-state index in [9.17, 15) is 9.18 Å². The van der Waals surface area contributed by atoms with Crippen LogP contribution in [-0.2, 0) is 0 Å². The van der Waals surface area contributed by atoms with Crippen LogP contribution in [0.4, 0.5) is 4.39 Å². The zero-order valence-electron chi connectivity index (χ0n) is 12.6. The molecule has 1 atom stereocenters. The quantitative estimate of drug-likeness (QED) is 0.893. The summed E-state index contributed by atoms with van der Waals surface area (Å²) in [6, 6.07) is 14.2. The predicted molar refractivity (Wildman–Crippen MR) is 82.6 cm³/mol. The molecule has 0 aliphatic rings. The fourth-order valence-corrected chi connectivity index (χ4v) is 2.31. The van der Waals surface area contributed by atoms with E-state index in [-0.39, 0.29) is 23.7 Å². The van der Waals surface area contributed by atoms with Crippen molar-refractivity contribution in [2.24, 2.45) is 5.92 Å². The number of rotatable bonds is 4. The van der Waals surface area contributed by atoms with Crippen LogP contribution in [0.2, 0.25) is 0 Å². The predicted octanol–water partition coefficient (Wildman–Crippen LogP) is 4.26. The fraction of sp³-hybridized carbons (Fsp3) is 0.278. The Hall–Kier alpha value is -2.16. The van der Waals surface area contributed by atoms with Gasteiger partial charge in [0, 0.05) is 5.56 Å². The van der Waals surface area contributed by atoms with E-state index in [1.54, 1.807) is 13.0 Å². The number of halogens is 1. The Labute approximate surface area is 125 Å². The molecule has 2 nitrogen and oxygen atoms in total. The van der Waals surface area contributed by atoms with E-state index in [4.69, 9.17) is 0 Å². The molecular formula is C18H20FNO. The Morgan fingerprint density at radius 1 is 1.10 bits per heavy atom. The van der Waals surface area contributed by atoms with Crippen molar-refractivity contribution in [2.45, 2.75) is 26.8 Å². The first-order valence-corrected chi connectivity index (χ1v) is 7.11. The molecule has 0 aliphatic heterocycles. The van der Waals surface area contributed by atoms with Crippen LogP contribution < -0.4 is 5.32 Å². The lowest BCUT2D eigenvalue weighted by molar-refractivity contribution is 0.0925. The van der Waals surface area contributed by atoms with Gasteiger partial charge in [-0.15, -0.1) is 0 Å². The maximum absolute atomic E-state index is 13.3. The zero-order valence-corrected chi connectivity index (χ0v) is 12.6. The third kappa shape index (κ3) is 3.69. The van der Waals surface area contributed by atoms with Gasteiger partial charge in [0.05, 0.1) is 6.04 Å². The largest absolute Gasteiger partial charge is 0.345 e. The normalized spacial score (nSPS) is 12.2. The second-order valence-electron chi connectivity index (χ2n) is 5.57. The van der Waals surface area contributed by atoms with Gasteiger partial charge in [-0.3, -0.25) is 4.79 Å². The first kappa shape index (κ1) is 15.2. The number of amides is 1. The minimum Gasteiger partial charge on any atom is -0.345 e. The molecule has 0 aliphatic carbocycles. The summed E-state index contributed by atoms with van der Waals surface area (Å²) < 4.78 is 13.3. The Kier molecular flexibility index (Phi) is 4.73. The molecule has 0 spiro atoms. The van der Waals surface area contributed by atoms with Crippen molar-refractivity contribution in [2.75, 3.05) is 0 Å². The van der Waals surface area contributed by atoms with Crippen LogP contribution in [0, 0.1) is 18.7 Å². The number of benzene rings is 2. The minimum atomic E-state index is -0.296. The molecule has 2 rings (SSSR count). The minimum absolute atomic E-state index is 0.0657. The Balaban J connectivity index is 2.21. The summed E-state index contributed by atoms with van der Waals surface area (Å²) in [4.78, 5) is 12.4. The van der Waals surface area contributed by atoms with Gasteiger partial charge in [-0.25, -0.2) is 4.39 Å². The highest BCUT2D eigenvalue weighted by atomic mass is 19.1. The zero-order chi connectivity index (χ0) is 15.4. The lowest BCUT2D eigenvalue weighted by Gasteiger charge is -2.23. The van der Waals surface area contributed by atoms with E-state index in [1.807, 2.05) is 30.3 Å². The second kappa shape index (κ2) is 6.53. The molecule has 0 heterocycles. The van der Waals surface area contributed by atoms with E-state index in [0.717, 1.165) is 5.56 Å². The van der Waals surface area contributed by atoms with Gasteiger partial charge < -0.3 is 5.32 Å². The molecule has 1 amide bonds. The summed E-state index contributed by atoms with van der Waals surface area (Å²) >= 11 is 0. The van der Waals surface area contributed by atoms with Crippen molar-refractivity contribution in [1.29, 1.82) is 0 Å². The molecule has 0 bridgehead atoms. The van der Waals surface area contributed by atoms with Gasteiger partial charge >= 0.3 is 0 Å². The van der Waals surface area contributed by atoms with Crippen LogP contribution in [-0.4, -0.2) is 5.91 Å². The average molecular weight is 285 g/mol. The van der Waals surface area contributed by atoms with Crippen LogP contribution in [0.5, 0.6) is 0 Å². The molecule has 3 heteroatoms. The summed E-state index contributed by atoms with van der Waals surface area (Å²) in [5, 5.41) is 3.03. The number of carbonyl (C=O) groups excluding carboxylic acids is 1. The summed E-state index contributed by atoms with van der Waals surface area (Å²) in [6.07, 6.45) is 0. The number of carbonyl (C=O) groups is 1. The maximum atomic E-state index is 13.3. The van der Waals surface area contributed by atoms with Crippen LogP contribution >= 0.6 is 0 Å². The molecular weight excluding hydrogens is 265 g/mol. The van der Waals surface area contributed by atoms with Gasteiger partial charge in [0.1, 0.15) is 5.82 Å². The molecule has 0 fully saturated rings. The number of hydrogen-bond acceptors (Lipinski definition) is 1. The molecule has 1 N–H and O–H groups in total. The second-order valence-corrected chi connectivity index (χ2v) is 5.57. The first-order chi connectivity index (χ1) is 9.99. The van der Waals surface area contributed by atoms with Gasteiger partial charge in [-0.1, -0.05) is 44.2 Å². The van der Waals surface area contributed by atoms with E-state index in [1.165, 1.54) is 12.1 Å². The van der Waals surface area contributed by atoms with E-state index >= 15 is 0 Å². The highest BCUT2D eigenvalue weighted by Gasteiger charge is 2.19. The van der Waals surface area contributed by atoms with Gasteiger partial charge in [-0.05, 0) is 42.2 Å². The molecule has 1 unspecified atom stereocenters. The Morgan fingerprint density at radius 2 is 1.76 bits per heavy atom. The molecule has 21 heavy (non-hydrogen) atoms. The lowest BCUT2D eigenvalue weighted by atomic mass is 9.95.